The lowest BCUT2D eigenvalue weighted by atomic mass is 9.85. The fourth-order valence-electron chi connectivity index (χ4n) is 6.63. The van der Waals surface area contributed by atoms with Gasteiger partial charge in [-0.15, -0.1) is 0 Å². The molecule has 0 N–H and O–H groups in total. The van der Waals surface area contributed by atoms with E-state index in [4.69, 9.17) is 9.47 Å². The highest BCUT2D eigenvalue weighted by atomic mass is 16.5. The summed E-state index contributed by atoms with van der Waals surface area (Å²) in [4.78, 5) is 5.26. The van der Waals surface area contributed by atoms with Gasteiger partial charge in [0.1, 0.15) is 17.1 Å². The third-order valence-corrected chi connectivity index (χ3v) is 10.0. The number of fused-ring (bicyclic) bond motifs is 1. The SMILES string of the molecule is COc1c(C)c(C)c2c(c1C)CCC(C)(CCN1CCN(CC=C(C)CCC=C(C)CCC=C(C)CCC=C(C)C)CC1)O2. The Morgan fingerprint density at radius 2 is 1.30 bits per heavy atom. The predicted molar refractivity (Wildman–Crippen MR) is 190 cm³/mol. The molecule has 44 heavy (non-hydrogen) atoms. The average molecular weight is 605 g/mol. The summed E-state index contributed by atoms with van der Waals surface area (Å²) in [6.07, 6.45) is 19.9. The van der Waals surface area contributed by atoms with E-state index in [0.717, 1.165) is 76.5 Å². The van der Waals surface area contributed by atoms with Gasteiger partial charge in [-0.25, -0.2) is 0 Å². The first-order valence-electron chi connectivity index (χ1n) is 17.3. The quantitative estimate of drug-likeness (QED) is 0.186. The predicted octanol–water partition coefficient (Wildman–Crippen LogP) is 9.86. The van der Waals surface area contributed by atoms with E-state index in [1.165, 1.54) is 76.7 Å². The minimum atomic E-state index is -0.101. The van der Waals surface area contributed by atoms with Gasteiger partial charge in [0.15, 0.2) is 0 Å². The smallest absolute Gasteiger partial charge is 0.127 e. The van der Waals surface area contributed by atoms with Crippen molar-refractivity contribution in [3.8, 4) is 11.5 Å². The third kappa shape index (κ3) is 10.9. The molecule has 3 rings (SSSR count). The summed E-state index contributed by atoms with van der Waals surface area (Å²) in [5, 5.41) is 0. The number of benzene rings is 1. The molecule has 2 aliphatic heterocycles. The molecule has 246 valence electrons. The summed E-state index contributed by atoms with van der Waals surface area (Å²) in [6, 6.07) is 0. The first-order valence-corrected chi connectivity index (χ1v) is 17.3. The lowest BCUT2D eigenvalue weighted by Crippen LogP contribution is -2.48. The molecule has 1 aromatic rings. The van der Waals surface area contributed by atoms with Crippen molar-refractivity contribution in [2.75, 3.05) is 46.4 Å². The Morgan fingerprint density at radius 1 is 0.750 bits per heavy atom. The molecule has 4 heteroatoms. The maximum absolute atomic E-state index is 6.77. The van der Waals surface area contributed by atoms with E-state index in [0.29, 0.717) is 0 Å². The van der Waals surface area contributed by atoms with Gasteiger partial charge in [0, 0.05) is 44.8 Å². The van der Waals surface area contributed by atoms with Gasteiger partial charge in [0.05, 0.1) is 7.11 Å². The van der Waals surface area contributed by atoms with Gasteiger partial charge >= 0.3 is 0 Å². The molecule has 1 unspecified atom stereocenters. The van der Waals surface area contributed by atoms with Gasteiger partial charge in [-0.05, 0) is 137 Å². The lowest BCUT2D eigenvalue weighted by molar-refractivity contribution is 0.0365. The molecule has 0 aliphatic carbocycles. The Kier molecular flexibility index (Phi) is 14.3. The fourth-order valence-corrected chi connectivity index (χ4v) is 6.63. The molecule has 2 aliphatic rings. The highest BCUT2D eigenvalue weighted by Gasteiger charge is 2.35. The molecule has 2 heterocycles. The molecule has 4 nitrogen and oxygen atoms in total. The summed E-state index contributed by atoms with van der Waals surface area (Å²) < 4.78 is 12.5. The van der Waals surface area contributed by atoms with E-state index in [1.54, 1.807) is 7.11 Å². The van der Waals surface area contributed by atoms with Gasteiger partial charge < -0.3 is 14.4 Å². The number of rotatable bonds is 15. The number of hydrogen-bond donors (Lipinski definition) is 0. The first-order chi connectivity index (χ1) is 20.9. The first kappa shape index (κ1) is 36.2. The van der Waals surface area contributed by atoms with E-state index in [-0.39, 0.29) is 5.60 Å². The van der Waals surface area contributed by atoms with Gasteiger partial charge in [-0.2, -0.15) is 0 Å². The number of ether oxygens (including phenoxy) is 2. The van der Waals surface area contributed by atoms with Crippen molar-refractivity contribution in [2.45, 2.75) is 126 Å². The van der Waals surface area contributed by atoms with Crippen LogP contribution >= 0.6 is 0 Å². The second kappa shape index (κ2) is 17.4. The van der Waals surface area contributed by atoms with Crippen molar-refractivity contribution in [2.24, 2.45) is 0 Å². The minimum absolute atomic E-state index is 0.101. The van der Waals surface area contributed by atoms with E-state index in [9.17, 15) is 0 Å². The molecular formula is C40H64N2O2. The van der Waals surface area contributed by atoms with Crippen molar-refractivity contribution in [1.29, 1.82) is 0 Å². The van der Waals surface area contributed by atoms with E-state index < -0.39 is 0 Å². The summed E-state index contributed by atoms with van der Waals surface area (Å²) in [6.45, 7) is 26.9. The zero-order chi connectivity index (χ0) is 32.3. The molecule has 1 fully saturated rings. The van der Waals surface area contributed by atoms with Crippen LogP contribution in [0.1, 0.15) is 115 Å². The second-order valence-corrected chi connectivity index (χ2v) is 14.2. The van der Waals surface area contributed by atoms with Crippen LogP contribution in [0.4, 0.5) is 0 Å². The molecule has 1 saturated heterocycles. The maximum Gasteiger partial charge on any atom is 0.127 e. The molecule has 1 aromatic carbocycles. The molecule has 0 saturated carbocycles. The number of methoxy groups -OCH3 is 1. The van der Waals surface area contributed by atoms with Crippen molar-refractivity contribution in [1.82, 2.24) is 9.80 Å². The van der Waals surface area contributed by atoms with Crippen LogP contribution in [-0.4, -0.2) is 61.8 Å². The maximum atomic E-state index is 6.77. The summed E-state index contributed by atoms with van der Waals surface area (Å²) in [5.74, 6) is 2.14. The number of piperazine rings is 1. The molecule has 0 spiro atoms. The standard InChI is InChI=1S/C40H64N2O2/c1-30(2)14-11-15-31(3)16-12-17-32(4)18-13-19-33(5)21-24-41-26-28-42(29-27-41)25-23-40(9)22-20-37-36(8)38(43-10)34(6)35(7)39(37)44-40/h14,16,18,21H,11-13,15,17,19-20,22-29H2,1-10H3. The van der Waals surface area contributed by atoms with Crippen LogP contribution in [0.2, 0.25) is 0 Å². The Hall–Kier alpha value is -2.30. The van der Waals surface area contributed by atoms with Gasteiger partial charge in [0.25, 0.3) is 0 Å². The number of hydrogen-bond acceptors (Lipinski definition) is 4. The molecule has 0 amide bonds. The van der Waals surface area contributed by atoms with Gasteiger partial charge in [0.2, 0.25) is 0 Å². The second-order valence-electron chi connectivity index (χ2n) is 14.2. The third-order valence-electron chi connectivity index (χ3n) is 10.0. The average Bonchev–Trinajstić information content (AvgIpc) is 2.98. The highest BCUT2D eigenvalue weighted by Crippen LogP contribution is 2.44. The van der Waals surface area contributed by atoms with Crippen LogP contribution in [0.3, 0.4) is 0 Å². The van der Waals surface area contributed by atoms with Crippen molar-refractivity contribution in [3.63, 3.8) is 0 Å². The van der Waals surface area contributed by atoms with Crippen LogP contribution < -0.4 is 9.47 Å². The van der Waals surface area contributed by atoms with Crippen molar-refractivity contribution >= 4 is 0 Å². The van der Waals surface area contributed by atoms with Crippen molar-refractivity contribution in [3.05, 3.63) is 68.9 Å². The summed E-state index contributed by atoms with van der Waals surface area (Å²) >= 11 is 0. The Balaban J connectivity index is 1.35. The zero-order valence-corrected chi connectivity index (χ0v) is 30.1. The zero-order valence-electron chi connectivity index (χ0n) is 30.1. The fraction of sp³-hybridized carbons (Fsp3) is 0.650. The van der Waals surface area contributed by atoms with Gasteiger partial charge in [-0.3, -0.25) is 4.90 Å². The van der Waals surface area contributed by atoms with Crippen molar-refractivity contribution < 1.29 is 9.47 Å². The minimum Gasteiger partial charge on any atom is -0.496 e. The largest absolute Gasteiger partial charge is 0.496 e. The summed E-state index contributed by atoms with van der Waals surface area (Å²) in [5.41, 5.74) is 10.9. The van der Waals surface area contributed by atoms with E-state index >= 15 is 0 Å². The number of allylic oxidation sites excluding steroid dienone is 7. The summed E-state index contributed by atoms with van der Waals surface area (Å²) in [7, 11) is 1.78. The van der Waals surface area contributed by atoms with Crippen LogP contribution in [0.5, 0.6) is 11.5 Å². The Labute approximate surface area is 271 Å². The van der Waals surface area contributed by atoms with Crippen LogP contribution in [0.25, 0.3) is 0 Å². The Morgan fingerprint density at radius 3 is 1.86 bits per heavy atom. The Bertz CT molecular complexity index is 1210. The highest BCUT2D eigenvalue weighted by molar-refractivity contribution is 5.59. The van der Waals surface area contributed by atoms with E-state index in [2.05, 4.69) is 96.4 Å². The topological polar surface area (TPSA) is 24.9 Å². The van der Waals surface area contributed by atoms with Crippen LogP contribution in [0, 0.1) is 20.8 Å². The van der Waals surface area contributed by atoms with Gasteiger partial charge in [-0.1, -0.05) is 46.6 Å². The normalized spacial score (nSPS) is 20.4. The number of nitrogens with zero attached hydrogens (tertiary/aromatic N) is 2. The molecule has 0 aromatic heterocycles. The molecule has 0 radical (unpaired) electrons. The van der Waals surface area contributed by atoms with Crippen LogP contribution in [-0.2, 0) is 6.42 Å². The van der Waals surface area contributed by atoms with Crippen LogP contribution in [0.15, 0.2) is 46.6 Å². The lowest BCUT2D eigenvalue weighted by Gasteiger charge is -2.40. The monoisotopic (exact) mass is 604 g/mol. The van der Waals surface area contributed by atoms with E-state index in [1.807, 2.05) is 0 Å². The molecule has 1 atom stereocenters. The molecule has 0 bridgehead atoms. The molecular weight excluding hydrogens is 540 g/mol.